The number of hydrogen-bond donors (Lipinski definition) is 3. The normalized spacial score (nSPS) is 19.9. The molecule has 4 N–H and O–H groups in total. The standard InChI is InChI=1S/C27H37ClN6O5/c1-27(2,38-3)15-30-26(37)22-23(24(29)35)34(16-31-22)18-6-4-17(5-7-18)25(36)32-21-14-19(8-9-20(21)28)33-10-12-39-13-11-33/h8-9,14,16-18H,4-7,10-13,15H2,1-3H3,(H2,29,35)(H,30,37)(H,32,36). The van der Waals surface area contributed by atoms with Crippen LogP contribution in [-0.4, -0.2) is 72.8 Å². The fourth-order valence-electron chi connectivity index (χ4n) is 4.98. The summed E-state index contributed by atoms with van der Waals surface area (Å²) in [4.78, 5) is 44.6. The maximum Gasteiger partial charge on any atom is 0.272 e. The smallest absolute Gasteiger partial charge is 0.272 e. The summed E-state index contributed by atoms with van der Waals surface area (Å²) in [5.74, 6) is -1.50. The molecule has 212 valence electrons. The Labute approximate surface area is 233 Å². The molecule has 1 aromatic heterocycles. The Bertz CT molecular complexity index is 1200. The topological polar surface area (TPSA) is 141 Å². The maximum absolute atomic E-state index is 13.1. The first-order valence-corrected chi connectivity index (χ1v) is 13.6. The van der Waals surface area contributed by atoms with Crippen LogP contribution in [0.15, 0.2) is 24.5 Å². The van der Waals surface area contributed by atoms with E-state index in [0.717, 1.165) is 18.8 Å². The number of primary amides is 1. The van der Waals surface area contributed by atoms with Crippen LogP contribution in [0, 0.1) is 5.92 Å². The van der Waals surface area contributed by atoms with E-state index in [0.29, 0.717) is 49.6 Å². The van der Waals surface area contributed by atoms with Gasteiger partial charge < -0.3 is 35.3 Å². The fraction of sp³-hybridized carbons (Fsp3) is 0.556. The minimum atomic E-state index is -0.724. The molecular formula is C27H37ClN6O5. The average molecular weight is 561 g/mol. The van der Waals surface area contributed by atoms with E-state index in [2.05, 4.69) is 20.5 Å². The van der Waals surface area contributed by atoms with E-state index in [-0.39, 0.29) is 35.8 Å². The van der Waals surface area contributed by atoms with Crippen LogP contribution in [0.25, 0.3) is 0 Å². The molecule has 1 aliphatic carbocycles. The van der Waals surface area contributed by atoms with Gasteiger partial charge in [0.1, 0.15) is 5.69 Å². The van der Waals surface area contributed by atoms with Gasteiger partial charge in [0.2, 0.25) is 5.91 Å². The zero-order valence-electron chi connectivity index (χ0n) is 22.7. The Morgan fingerprint density at radius 2 is 1.87 bits per heavy atom. The third-order valence-corrected chi connectivity index (χ3v) is 7.84. The first-order valence-electron chi connectivity index (χ1n) is 13.2. The number of methoxy groups -OCH3 is 1. The van der Waals surface area contributed by atoms with Gasteiger partial charge in [-0.2, -0.15) is 0 Å². The number of benzene rings is 1. The van der Waals surface area contributed by atoms with Crippen molar-refractivity contribution >= 4 is 40.7 Å². The fourth-order valence-corrected chi connectivity index (χ4v) is 5.14. The molecule has 0 bridgehead atoms. The van der Waals surface area contributed by atoms with Gasteiger partial charge in [-0.05, 0) is 57.7 Å². The van der Waals surface area contributed by atoms with Crippen LogP contribution in [0.2, 0.25) is 5.02 Å². The highest BCUT2D eigenvalue weighted by Crippen LogP contribution is 2.35. The highest BCUT2D eigenvalue weighted by molar-refractivity contribution is 6.33. The molecule has 2 heterocycles. The van der Waals surface area contributed by atoms with Crippen molar-refractivity contribution in [2.45, 2.75) is 51.2 Å². The molecule has 0 atom stereocenters. The van der Waals surface area contributed by atoms with E-state index in [4.69, 9.17) is 26.8 Å². The van der Waals surface area contributed by atoms with Crippen molar-refractivity contribution in [1.29, 1.82) is 0 Å². The molecule has 11 nitrogen and oxygen atoms in total. The second kappa shape index (κ2) is 12.4. The summed E-state index contributed by atoms with van der Waals surface area (Å²) in [5.41, 5.74) is 6.73. The number of hydrogen-bond acceptors (Lipinski definition) is 7. The molecular weight excluding hydrogens is 524 g/mol. The number of aromatic nitrogens is 2. The molecule has 1 aromatic carbocycles. The second-order valence-corrected chi connectivity index (χ2v) is 11.0. The number of nitrogens with one attached hydrogen (secondary N) is 2. The lowest BCUT2D eigenvalue weighted by Gasteiger charge is -2.30. The lowest BCUT2D eigenvalue weighted by Crippen LogP contribution is -2.40. The van der Waals surface area contributed by atoms with Crippen LogP contribution in [-0.2, 0) is 14.3 Å². The monoisotopic (exact) mass is 560 g/mol. The van der Waals surface area contributed by atoms with E-state index in [1.165, 1.54) is 6.33 Å². The summed E-state index contributed by atoms with van der Waals surface area (Å²) in [6.45, 7) is 6.83. The summed E-state index contributed by atoms with van der Waals surface area (Å²) in [6.07, 6.45) is 3.97. The number of nitrogens with two attached hydrogens (primary N) is 1. The van der Waals surface area contributed by atoms with Crippen LogP contribution in [0.3, 0.4) is 0 Å². The van der Waals surface area contributed by atoms with Gasteiger partial charge in [0.05, 0.1) is 35.9 Å². The molecule has 1 aliphatic heterocycles. The van der Waals surface area contributed by atoms with Crippen molar-refractivity contribution in [3.63, 3.8) is 0 Å². The summed E-state index contributed by atoms with van der Waals surface area (Å²) >= 11 is 6.40. The van der Waals surface area contributed by atoms with E-state index >= 15 is 0 Å². The van der Waals surface area contributed by atoms with Crippen molar-refractivity contribution in [2.24, 2.45) is 11.7 Å². The highest BCUT2D eigenvalue weighted by atomic mass is 35.5. The predicted molar refractivity (Wildman–Crippen MR) is 148 cm³/mol. The van der Waals surface area contributed by atoms with Gasteiger partial charge in [0.25, 0.3) is 11.8 Å². The molecule has 1 saturated carbocycles. The minimum Gasteiger partial charge on any atom is -0.378 e. The molecule has 0 radical (unpaired) electrons. The van der Waals surface area contributed by atoms with Gasteiger partial charge in [-0.1, -0.05) is 11.6 Å². The summed E-state index contributed by atoms with van der Waals surface area (Å²) in [6, 6.07) is 5.55. The minimum absolute atomic E-state index is 0.0101. The largest absolute Gasteiger partial charge is 0.378 e. The molecule has 0 spiro atoms. The molecule has 3 amide bonds. The van der Waals surface area contributed by atoms with Crippen LogP contribution in [0.1, 0.15) is 66.5 Å². The van der Waals surface area contributed by atoms with Crippen molar-refractivity contribution in [3.8, 4) is 0 Å². The Morgan fingerprint density at radius 3 is 2.51 bits per heavy atom. The summed E-state index contributed by atoms with van der Waals surface area (Å²) in [7, 11) is 1.56. The number of nitrogens with zero attached hydrogens (tertiary/aromatic N) is 3. The third-order valence-electron chi connectivity index (χ3n) is 7.51. The lowest BCUT2D eigenvalue weighted by atomic mass is 9.85. The molecule has 2 aliphatic rings. The van der Waals surface area contributed by atoms with Gasteiger partial charge in [0, 0.05) is 44.4 Å². The maximum atomic E-state index is 13.1. The predicted octanol–water partition coefficient (Wildman–Crippen LogP) is 3.00. The highest BCUT2D eigenvalue weighted by Gasteiger charge is 2.32. The van der Waals surface area contributed by atoms with Crippen LogP contribution < -0.4 is 21.3 Å². The van der Waals surface area contributed by atoms with E-state index in [1.54, 1.807) is 17.7 Å². The third kappa shape index (κ3) is 6.90. The van der Waals surface area contributed by atoms with Crippen molar-refractivity contribution < 1.29 is 23.9 Å². The van der Waals surface area contributed by atoms with Crippen molar-refractivity contribution in [2.75, 3.05) is 50.2 Å². The molecule has 2 fully saturated rings. The number of imidazole rings is 1. The Morgan fingerprint density at radius 1 is 1.18 bits per heavy atom. The Hall–Kier alpha value is -3.15. The van der Waals surface area contributed by atoms with E-state index in [1.807, 2.05) is 26.0 Å². The first-order chi connectivity index (χ1) is 18.6. The number of carbonyl (C=O) groups excluding carboxylic acids is 3. The first kappa shape index (κ1) is 28.8. The van der Waals surface area contributed by atoms with Crippen molar-refractivity contribution in [3.05, 3.63) is 40.9 Å². The van der Waals surface area contributed by atoms with Gasteiger partial charge in [-0.15, -0.1) is 0 Å². The van der Waals surface area contributed by atoms with Gasteiger partial charge in [-0.3, -0.25) is 14.4 Å². The molecule has 39 heavy (non-hydrogen) atoms. The van der Waals surface area contributed by atoms with Crippen molar-refractivity contribution in [1.82, 2.24) is 14.9 Å². The van der Waals surface area contributed by atoms with Crippen LogP contribution in [0.5, 0.6) is 0 Å². The van der Waals surface area contributed by atoms with E-state index < -0.39 is 17.4 Å². The van der Waals surface area contributed by atoms with Gasteiger partial charge in [0.15, 0.2) is 5.69 Å². The second-order valence-electron chi connectivity index (χ2n) is 10.6. The van der Waals surface area contributed by atoms with Gasteiger partial charge >= 0.3 is 0 Å². The van der Waals surface area contributed by atoms with E-state index in [9.17, 15) is 14.4 Å². The molecule has 1 saturated heterocycles. The molecule has 12 heteroatoms. The number of anilines is 2. The zero-order valence-corrected chi connectivity index (χ0v) is 23.4. The number of carbonyl (C=O) groups is 3. The quantitative estimate of drug-likeness (QED) is 0.428. The van der Waals surface area contributed by atoms with Crippen LogP contribution >= 0.6 is 11.6 Å². The number of amides is 3. The number of rotatable bonds is 9. The lowest BCUT2D eigenvalue weighted by molar-refractivity contribution is -0.121. The Kier molecular flexibility index (Phi) is 9.14. The van der Waals surface area contributed by atoms with Gasteiger partial charge in [-0.25, -0.2) is 4.98 Å². The average Bonchev–Trinajstić information content (AvgIpc) is 3.39. The summed E-state index contributed by atoms with van der Waals surface area (Å²) < 4.78 is 12.4. The number of ether oxygens (including phenoxy) is 2. The number of morpholine rings is 1. The SMILES string of the molecule is COC(C)(C)CNC(=O)c1ncn(C2CCC(C(=O)Nc3cc(N4CCOCC4)ccc3Cl)CC2)c1C(N)=O. The zero-order chi connectivity index (χ0) is 28.2. The Balaban J connectivity index is 1.39. The van der Waals surface area contributed by atoms with Crippen LogP contribution in [0.4, 0.5) is 11.4 Å². The number of halogens is 1. The summed E-state index contributed by atoms with van der Waals surface area (Å²) in [5, 5.41) is 6.25. The molecule has 0 unspecified atom stereocenters. The molecule has 2 aromatic rings. The molecule has 4 rings (SSSR count).